The molecule has 0 aromatic heterocycles. The zero-order chi connectivity index (χ0) is 15.6. The minimum atomic E-state index is -0.309. The van der Waals surface area contributed by atoms with Gasteiger partial charge in [0, 0.05) is 28.2 Å². The molecule has 0 amide bonds. The first-order valence-corrected chi connectivity index (χ1v) is 8.16. The summed E-state index contributed by atoms with van der Waals surface area (Å²) in [7, 11) is 0. The van der Waals surface area contributed by atoms with Crippen molar-refractivity contribution >= 4 is 21.6 Å². The van der Waals surface area contributed by atoms with Crippen LogP contribution in [0.3, 0.4) is 0 Å². The molecule has 2 unspecified atom stereocenters. The van der Waals surface area contributed by atoms with Crippen LogP contribution in [0.2, 0.25) is 0 Å². The first kappa shape index (κ1) is 16.4. The largest absolute Gasteiger partial charge is 0.326 e. The Hall–Kier alpha value is -0.980. The summed E-state index contributed by atoms with van der Waals surface area (Å²) >= 11 is 3.31. The molecule has 0 saturated carbocycles. The van der Waals surface area contributed by atoms with Crippen LogP contribution < -0.4 is 5.73 Å². The molecule has 0 spiro atoms. The molecule has 0 bridgehead atoms. The van der Waals surface area contributed by atoms with Gasteiger partial charge >= 0.3 is 0 Å². The van der Waals surface area contributed by atoms with Gasteiger partial charge in [-0.3, -0.25) is 15.0 Å². The fraction of sp³-hybridized carbons (Fsp3) is 0.600. The van der Waals surface area contributed by atoms with Gasteiger partial charge in [0.15, 0.2) is 0 Å². The maximum Gasteiger partial charge on any atom is 0.275 e. The van der Waals surface area contributed by atoms with E-state index in [9.17, 15) is 10.1 Å². The van der Waals surface area contributed by atoms with Gasteiger partial charge in [-0.25, -0.2) is 0 Å². The molecule has 116 valence electrons. The van der Waals surface area contributed by atoms with Crippen molar-refractivity contribution in [2.75, 3.05) is 6.54 Å². The van der Waals surface area contributed by atoms with E-state index in [4.69, 9.17) is 5.73 Å². The van der Waals surface area contributed by atoms with Gasteiger partial charge in [0.05, 0.1) is 11.0 Å². The number of benzene rings is 1. The van der Waals surface area contributed by atoms with Crippen LogP contribution in [0, 0.1) is 10.1 Å². The lowest BCUT2D eigenvalue weighted by Gasteiger charge is -2.36. The number of likely N-dealkylation sites (tertiary alicyclic amines) is 1. The van der Waals surface area contributed by atoms with Gasteiger partial charge in [-0.05, 0) is 45.4 Å². The molecular formula is C15H22BrN3O2. The number of nitrogens with zero attached hydrogens (tertiary/aromatic N) is 2. The van der Waals surface area contributed by atoms with Crippen LogP contribution in [0.25, 0.3) is 0 Å². The summed E-state index contributed by atoms with van der Waals surface area (Å²) in [6.45, 7) is 5.18. The van der Waals surface area contributed by atoms with Crippen molar-refractivity contribution in [2.24, 2.45) is 5.73 Å². The Morgan fingerprint density at radius 1 is 1.43 bits per heavy atom. The third kappa shape index (κ3) is 3.62. The van der Waals surface area contributed by atoms with Crippen LogP contribution in [-0.4, -0.2) is 28.5 Å². The van der Waals surface area contributed by atoms with E-state index in [0.29, 0.717) is 6.04 Å². The Labute approximate surface area is 133 Å². The van der Waals surface area contributed by atoms with E-state index < -0.39 is 0 Å². The van der Waals surface area contributed by atoms with E-state index in [-0.39, 0.29) is 22.7 Å². The Balaban J connectivity index is 2.51. The number of rotatable bonds is 3. The molecule has 0 radical (unpaired) electrons. The number of nitro benzene ring substituents is 1. The highest BCUT2D eigenvalue weighted by atomic mass is 79.9. The third-order valence-electron chi connectivity index (χ3n) is 4.14. The Bertz CT molecular complexity index is 522. The van der Waals surface area contributed by atoms with Gasteiger partial charge in [-0.2, -0.15) is 0 Å². The fourth-order valence-electron chi connectivity index (χ4n) is 3.13. The molecule has 1 aromatic carbocycles. The summed E-state index contributed by atoms with van der Waals surface area (Å²) in [6.07, 6.45) is 3.07. The number of hydrogen-bond acceptors (Lipinski definition) is 4. The minimum absolute atomic E-state index is 0.0743. The van der Waals surface area contributed by atoms with Crippen LogP contribution in [0.15, 0.2) is 22.7 Å². The van der Waals surface area contributed by atoms with Crippen LogP contribution in [0.5, 0.6) is 0 Å². The van der Waals surface area contributed by atoms with E-state index in [1.807, 2.05) is 12.1 Å². The number of halogens is 1. The summed E-state index contributed by atoms with van der Waals surface area (Å²) < 4.78 is 0.719. The topological polar surface area (TPSA) is 72.4 Å². The van der Waals surface area contributed by atoms with E-state index in [2.05, 4.69) is 34.7 Å². The summed E-state index contributed by atoms with van der Waals surface area (Å²) in [5.41, 5.74) is 7.25. The van der Waals surface area contributed by atoms with Crippen LogP contribution in [0.4, 0.5) is 5.69 Å². The van der Waals surface area contributed by atoms with E-state index >= 15 is 0 Å². The molecule has 2 rings (SSSR count). The molecule has 0 aliphatic carbocycles. The van der Waals surface area contributed by atoms with Crippen molar-refractivity contribution in [2.45, 2.75) is 51.2 Å². The minimum Gasteiger partial charge on any atom is -0.326 e. The molecule has 1 aliphatic heterocycles. The molecule has 6 heteroatoms. The molecular weight excluding hydrogens is 334 g/mol. The first-order chi connectivity index (χ1) is 9.91. The highest BCUT2D eigenvalue weighted by Gasteiger charge is 2.34. The van der Waals surface area contributed by atoms with Crippen molar-refractivity contribution in [3.63, 3.8) is 0 Å². The monoisotopic (exact) mass is 355 g/mol. The molecule has 1 aliphatic rings. The van der Waals surface area contributed by atoms with Crippen molar-refractivity contribution in [3.05, 3.63) is 38.3 Å². The second-order valence-electron chi connectivity index (χ2n) is 5.90. The zero-order valence-electron chi connectivity index (χ0n) is 12.5. The molecule has 2 atom stereocenters. The average Bonchev–Trinajstić information content (AvgIpc) is 2.60. The van der Waals surface area contributed by atoms with E-state index in [0.717, 1.165) is 35.8 Å². The summed E-state index contributed by atoms with van der Waals surface area (Å²) in [5, 5.41) is 11.4. The summed E-state index contributed by atoms with van der Waals surface area (Å²) in [6, 6.07) is 5.41. The Morgan fingerprint density at radius 3 is 2.76 bits per heavy atom. The second-order valence-corrected chi connectivity index (χ2v) is 6.81. The highest BCUT2D eigenvalue weighted by molar-refractivity contribution is 9.10. The molecule has 21 heavy (non-hydrogen) atoms. The van der Waals surface area contributed by atoms with Crippen molar-refractivity contribution in [1.82, 2.24) is 4.90 Å². The Morgan fingerprint density at radius 2 is 2.14 bits per heavy atom. The third-order valence-corrected chi connectivity index (χ3v) is 4.63. The molecule has 1 saturated heterocycles. The average molecular weight is 356 g/mol. The van der Waals surface area contributed by atoms with Crippen LogP contribution in [0.1, 0.15) is 44.7 Å². The molecule has 1 heterocycles. The van der Waals surface area contributed by atoms with Gasteiger partial charge < -0.3 is 5.73 Å². The summed E-state index contributed by atoms with van der Waals surface area (Å²) in [4.78, 5) is 13.4. The first-order valence-electron chi connectivity index (χ1n) is 7.37. The smallest absolute Gasteiger partial charge is 0.275 e. The van der Waals surface area contributed by atoms with Gasteiger partial charge in [-0.1, -0.05) is 22.4 Å². The van der Waals surface area contributed by atoms with Gasteiger partial charge in [0.25, 0.3) is 5.69 Å². The quantitative estimate of drug-likeness (QED) is 0.663. The fourth-order valence-corrected chi connectivity index (χ4v) is 3.48. The SMILES string of the molecule is CC(C)N1CCCCC(N)C1c1ccc(Br)cc1[N+](=O)[O-]. The van der Waals surface area contributed by atoms with Gasteiger partial charge in [-0.15, -0.1) is 0 Å². The lowest BCUT2D eigenvalue weighted by atomic mass is 9.94. The molecule has 5 nitrogen and oxygen atoms in total. The van der Waals surface area contributed by atoms with Gasteiger partial charge in [0.2, 0.25) is 0 Å². The number of nitrogens with two attached hydrogens (primary N) is 1. The standard InChI is InChI=1S/C15H22BrN3O2/c1-10(2)18-8-4-3-5-13(17)15(18)12-7-6-11(16)9-14(12)19(20)21/h6-7,9-10,13,15H,3-5,8,17H2,1-2H3. The predicted molar refractivity (Wildman–Crippen MR) is 87.2 cm³/mol. The number of nitro groups is 1. The van der Waals surface area contributed by atoms with Gasteiger partial charge in [0.1, 0.15) is 0 Å². The zero-order valence-corrected chi connectivity index (χ0v) is 14.0. The predicted octanol–water partition coefficient (Wildman–Crippen LogP) is 3.62. The maximum atomic E-state index is 11.4. The lowest BCUT2D eigenvalue weighted by molar-refractivity contribution is -0.386. The molecule has 1 aromatic rings. The number of hydrogen-bond donors (Lipinski definition) is 1. The normalized spacial score (nSPS) is 24.0. The summed E-state index contributed by atoms with van der Waals surface area (Å²) in [5.74, 6) is 0. The van der Waals surface area contributed by atoms with Crippen LogP contribution >= 0.6 is 15.9 Å². The van der Waals surface area contributed by atoms with Crippen molar-refractivity contribution < 1.29 is 4.92 Å². The molecule has 2 N–H and O–H groups in total. The maximum absolute atomic E-state index is 11.4. The van der Waals surface area contributed by atoms with E-state index in [1.54, 1.807) is 6.07 Å². The Kier molecular flexibility index (Phi) is 5.35. The van der Waals surface area contributed by atoms with Crippen molar-refractivity contribution in [1.29, 1.82) is 0 Å². The van der Waals surface area contributed by atoms with E-state index in [1.165, 1.54) is 0 Å². The van der Waals surface area contributed by atoms with Crippen molar-refractivity contribution in [3.8, 4) is 0 Å². The lowest BCUT2D eigenvalue weighted by Crippen LogP contribution is -2.43. The second kappa shape index (κ2) is 6.85. The van der Waals surface area contributed by atoms with Crippen LogP contribution in [-0.2, 0) is 0 Å². The molecule has 1 fully saturated rings. The highest BCUT2D eigenvalue weighted by Crippen LogP contribution is 2.37.